The largest absolute Gasteiger partial charge is 0.507 e. The number of Topliss-reactive ketones (excluding diaryl/α,β-unsaturated/α-hetero) is 1. The Morgan fingerprint density at radius 3 is 2.38 bits per heavy atom. The summed E-state index contributed by atoms with van der Waals surface area (Å²) in [6, 6.07) is 17.1. The monoisotopic (exact) mass is 590 g/mol. The molecule has 5 rings (SSSR count). The van der Waals surface area contributed by atoms with Crippen LogP contribution in [0, 0.1) is 0 Å². The van der Waals surface area contributed by atoms with Crippen LogP contribution in [0.1, 0.15) is 22.7 Å². The third-order valence-electron chi connectivity index (χ3n) is 6.98. The lowest BCUT2D eigenvalue weighted by molar-refractivity contribution is -0.139. The summed E-state index contributed by atoms with van der Waals surface area (Å²) in [6.07, 6.45) is 2.37. The standard InChI is InChI=1S/C30H27BrN2O6/c1-37-21-9-10-23-22(15-21)19(16-32-23)12-13-33-27(18-6-11-24(38-2)25(14-18)39-3)26(29(35)30(33)36)28(34)17-4-7-20(31)8-5-17/h4-11,14-16,27,32,34H,12-13H2,1-3H3/b28-26-. The molecule has 2 N–H and O–H groups in total. The molecule has 2 heterocycles. The minimum absolute atomic E-state index is 0.0233. The smallest absolute Gasteiger partial charge is 0.295 e. The number of halogens is 1. The van der Waals surface area contributed by atoms with Crippen molar-refractivity contribution in [2.75, 3.05) is 27.9 Å². The molecular formula is C30H27BrN2O6. The van der Waals surface area contributed by atoms with Crippen LogP contribution in [0.2, 0.25) is 0 Å². The van der Waals surface area contributed by atoms with Crippen LogP contribution in [-0.4, -0.2) is 54.6 Å². The number of hydrogen-bond acceptors (Lipinski definition) is 6. The zero-order valence-electron chi connectivity index (χ0n) is 21.7. The third kappa shape index (κ3) is 4.85. The number of ketones is 1. The number of carbonyl (C=O) groups excluding carboxylic acids is 2. The number of nitrogens with zero attached hydrogens (tertiary/aromatic N) is 1. The van der Waals surface area contributed by atoms with Gasteiger partial charge in [-0.05, 0) is 60.0 Å². The molecular weight excluding hydrogens is 564 g/mol. The van der Waals surface area contributed by atoms with E-state index >= 15 is 0 Å². The number of likely N-dealkylation sites (tertiary alicyclic amines) is 1. The van der Waals surface area contributed by atoms with Gasteiger partial charge in [-0.3, -0.25) is 9.59 Å². The molecule has 200 valence electrons. The number of methoxy groups -OCH3 is 3. The van der Waals surface area contributed by atoms with Gasteiger partial charge in [0.25, 0.3) is 11.7 Å². The van der Waals surface area contributed by atoms with Gasteiger partial charge in [0.15, 0.2) is 11.5 Å². The highest BCUT2D eigenvalue weighted by molar-refractivity contribution is 9.10. The molecule has 4 aromatic rings. The normalized spacial score (nSPS) is 16.6. The number of rotatable bonds is 8. The van der Waals surface area contributed by atoms with Gasteiger partial charge in [0.1, 0.15) is 11.5 Å². The van der Waals surface area contributed by atoms with Gasteiger partial charge in [-0.25, -0.2) is 0 Å². The van der Waals surface area contributed by atoms with Crippen LogP contribution in [0.4, 0.5) is 0 Å². The molecule has 39 heavy (non-hydrogen) atoms. The van der Waals surface area contributed by atoms with Gasteiger partial charge in [-0.15, -0.1) is 0 Å². The molecule has 1 aromatic heterocycles. The van der Waals surface area contributed by atoms with E-state index in [1.165, 1.54) is 19.1 Å². The molecule has 3 aromatic carbocycles. The van der Waals surface area contributed by atoms with Crippen LogP contribution < -0.4 is 14.2 Å². The quantitative estimate of drug-likeness (QED) is 0.157. The zero-order valence-corrected chi connectivity index (χ0v) is 23.2. The average molecular weight is 591 g/mol. The van der Waals surface area contributed by atoms with Gasteiger partial charge in [0, 0.05) is 33.7 Å². The van der Waals surface area contributed by atoms with Gasteiger partial charge in [-0.2, -0.15) is 0 Å². The third-order valence-corrected chi connectivity index (χ3v) is 7.51. The Hall–Kier alpha value is -4.24. The maximum atomic E-state index is 13.4. The molecule has 1 aliphatic rings. The number of aliphatic hydroxyl groups is 1. The van der Waals surface area contributed by atoms with Crippen molar-refractivity contribution in [1.29, 1.82) is 0 Å². The number of ether oxygens (including phenoxy) is 3. The highest BCUT2D eigenvalue weighted by Crippen LogP contribution is 2.42. The molecule has 9 heteroatoms. The summed E-state index contributed by atoms with van der Waals surface area (Å²) in [7, 11) is 4.67. The number of aromatic amines is 1. The van der Waals surface area contributed by atoms with E-state index in [9.17, 15) is 14.7 Å². The van der Waals surface area contributed by atoms with Crippen molar-refractivity contribution in [3.8, 4) is 17.2 Å². The predicted molar refractivity (Wildman–Crippen MR) is 151 cm³/mol. The molecule has 1 atom stereocenters. The van der Waals surface area contributed by atoms with Crippen molar-refractivity contribution in [3.05, 3.63) is 93.6 Å². The topological polar surface area (TPSA) is 101 Å². The van der Waals surface area contributed by atoms with Crippen molar-refractivity contribution in [3.63, 3.8) is 0 Å². The molecule has 8 nitrogen and oxygen atoms in total. The molecule has 1 amide bonds. The Kier molecular flexibility index (Phi) is 7.34. The summed E-state index contributed by atoms with van der Waals surface area (Å²) in [4.78, 5) is 31.6. The second-order valence-corrected chi connectivity index (χ2v) is 10.0. The molecule has 1 fully saturated rings. The summed E-state index contributed by atoms with van der Waals surface area (Å²) in [5.41, 5.74) is 3.00. The number of nitrogens with one attached hydrogen (secondary N) is 1. The average Bonchev–Trinajstić information content (AvgIpc) is 3.48. The van der Waals surface area contributed by atoms with Crippen molar-refractivity contribution in [1.82, 2.24) is 9.88 Å². The Balaban J connectivity index is 1.59. The Morgan fingerprint density at radius 2 is 1.69 bits per heavy atom. The number of H-pyrrole nitrogens is 1. The molecule has 0 bridgehead atoms. The van der Waals surface area contributed by atoms with Crippen molar-refractivity contribution in [2.24, 2.45) is 0 Å². The minimum Gasteiger partial charge on any atom is -0.507 e. The Bertz CT molecular complexity index is 1590. The van der Waals surface area contributed by atoms with Crippen molar-refractivity contribution < 1.29 is 28.9 Å². The predicted octanol–water partition coefficient (Wildman–Crippen LogP) is 5.62. The second-order valence-electron chi connectivity index (χ2n) is 9.09. The van der Waals surface area contributed by atoms with Crippen LogP contribution in [0.5, 0.6) is 17.2 Å². The molecule has 0 radical (unpaired) electrons. The summed E-state index contributed by atoms with van der Waals surface area (Å²) in [5, 5.41) is 12.3. The maximum absolute atomic E-state index is 13.4. The number of fused-ring (bicyclic) bond motifs is 1. The molecule has 0 saturated carbocycles. The SMILES string of the molecule is COc1ccc2[nH]cc(CCN3C(=O)C(=O)/C(=C(\O)c4ccc(Br)cc4)C3c3ccc(OC)c(OC)c3)c2c1. The number of hydrogen-bond donors (Lipinski definition) is 2. The maximum Gasteiger partial charge on any atom is 0.295 e. The number of amides is 1. The van der Waals surface area contributed by atoms with Crippen LogP contribution in [0.3, 0.4) is 0 Å². The summed E-state index contributed by atoms with van der Waals surface area (Å²) in [6.45, 7) is 0.241. The minimum atomic E-state index is -0.826. The summed E-state index contributed by atoms with van der Waals surface area (Å²) < 4.78 is 17.1. The highest BCUT2D eigenvalue weighted by atomic mass is 79.9. The van der Waals surface area contributed by atoms with E-state index in [-0.39, 0.29) is 17.9 Å². The van der Waals surface area contributed by atoms with Gasteiger partial charge in [0.2, 0.25) is 0 Å². The number of aromatic nitrogens is 1. The Morgan fingerprint density at radius 1 is 0.949 bits per heavy atom. The van der Waals surface area contributed by atoms with Gasteiger partial charge >= 0.3 is 0 Å². The van der Waals surface area contributed by atoms with Crippen LogP contribution in [0.15, 0.2) is 76.9 Å². The van der Waals surface area contributed by atoms with E-state index in [0.717, 1.165) is 26.7 Å². The summed E-state index contributed by atoms with van der Waals surface area (Å²) in [5.74, 6) is 0.0389. The number of benzene rings is 3. The van der Waals surface area contributed by atoms with E-state index in [0.29, 0.717) is 29.0 Å². The van der Waals surface area contributed by atoms with E-state index in [4.69, 9.17) is 14.2 Å². The fourth-order valence-electron chi connectivity index (χ4n) is 4.98. The van der Waals surface area contributed by atoms with E-state index in [1.807, 2.05) is 24.4 Å². The van der Waals surface area contributed by atoms with Gasteiger partial charge in [0.05, 0.1) is 32.9 Å². The summed E-state index contributed by atoms with van der Waals surface area (Å²) >= 11 is 3.39. The first-order valence-corrected chi connectivity index (χ1v) is 13.1. The van der Waals surface area contributed by atoms with Crippen molar-refractivity contribution >= 4 is 44.3 Å². The Labute approximate surface area is 233 Å². The first-order valence-electron chi connectivity index (χ1n) is 12.3. The molecule has 1 unspecified atom stereocenters. The van der Waals surface area contributed by atoms with E-state index in [1.54, 1.807) is 49.6 Å². The lowest BCUT2D eigenvalue weighted by Gasteiger charge is -2.26. The zero-order chi connectivity index (χ0) is 27.7. The van der Waals surface area contributed by atoms with Crippen LogP contribution in [-0.2, 0) is 16.0 Å². The second kappa shape index (κ2) is 10.9. The van der Waals surface area contributed by atoms with E-state index in [2.05, 4.69) is 20.9 Å². The molecule has 1 saturated heterocycles. The number of aliphatic hydroxyl groups excluding tert-OH is 1. The fraction of sp³-hybridized carbons (Fsp3) is 0.200. The highest BCUT2D eigenvalue weighted by Gasteiger charge is 2.46. The number of carbonyl (C=O) groups is 2. The lowest BCUT2D eigenvalue weighted by Crippen LogP contribution is -2.31. The fourth-order valence-corrected chi connectivity index (χ4v) is 5.24. The van der Waals surface area contributed by atoms with Crippen LogP contribution in [0.25, 0.3) is 16.7 Å². The van der Waals surface area contributed by atoms with Crippen molar-refractivity contribution in [2.45, 2.75) is 12.5 Å². The first kappa shape index (κ1) is 26.4. The van der Waals surface area contributed by atoms with Crippen LogP contribution >= 0.6 is 15.9 Å². The molecule has 1 aliphatic heterocycles. The molecule has 0 aliphatic carbocycles. The molecule has 0 spiro atoms. The lowest BCUT2D eigenvalue weighted by atomic mass is 9.95. The van der Waals surface area contributed by atoms with E-state index < -0.39 is 17.7 Å². The van der Waals surface area contributed by atoms with Gasteiger partial charge < -0.3 is 29.2 Å². The van der Waals surface area contributed by atoms with Gasteiger partial charge in [-0.1, -0.05) is 34.1 Å². The first-order chi connectivity index (χ1) is 18.9.